The summed E-state index contributed by atoms with van der Waals surface area (Å²) < 4.78 is 6.52. The maximum atomic E-state index is 12.8. The van der Waals surface area contributed by atoms with Crippen LogP contribution in [0.3, 0.4) is 0 Å². The number of amides is 2. The Morgan fingerprint density at radius 3 is 2.32 bits per heavy atom. The van der Waals surface area contributed by atoms with E-state index in [9.17, 15) is 9.59 Å². The minimum Gasteiger partial charge on any atom is -0.466 e. The Kier molecular flexibility index (Phi) is 4.08. The van der Waals surface area contributed by atoms with E-state index in [-0.39, 0.29) is 6.01 Å². The van der Waals surface area contributed by atoms with Gasteiger partial charge < -0.3 is 4.74 Å². The highest BCUT2D eigenvalue weighted by Crippen LogP contribution is 2.31. The summed E-state index contributed by atoms with van der Waals surface area (Å²) in [5.74, 6) is -0.0966. The van der Waals surface area contributed by atoms with Crippen LogP contribution in [0.4, 0.5) is 0 Å². The van der Waals surface area contributed by atoms with Gasteiger partial charge in [0.25, 0.3) is 11.8 Å². The number of pyridine rings is 1. The van der Waals surface area contributed by atoms with Crippen LogP contribution in [0.5, 0.6) is 6.01 Å². The number of nitrogens with zero attached hydrogens (tertiary/aromatic N) is 6. The average Bonchev–Trinajstić information content (AvgIpc) is 3.28. The van der Waals surface area contributed by atoms with Crippen molar-refractivity contribution in [3.8, 4) is 17.9 Å². The molecule has 0 spiro atoms. The molecule has 1 atom stereocenters. The van der Waals surface area contributed by atoms with E-state index >= 15 is 0 Å². The summed E-state index contributed by atoms with van der Waals surface area (Å²) >= 11 is 0. The van der Waals surface area contributed by atoms with E-state index < -0.39 is 17.9 Å². The van der Waals surface area contributed by atoms with Gasteiger partial charge in [-0.1, -0.05) is 12.1 Å². The largest absolute Gasteiger partial charge is 0.466 e. The molecule has 4 rings (SSSR count). The van der Waals surface area contributed by atoms with Gasteiger partial charge in [-0.15, -0.1) is 5.10 Å². The lowest BCUT2D eigenvalue weighted by Crippen LogP contribution is -2.34. The van der Waals surface area contributed by atoms with Crippen LogP contribution in [0.25, 0.3) is 5.82 Å². The molecule has 9 heteroatoms. The van der Waals surface area contributed by atoms with Crippen LogP contribution in [-0.4, -0.2) is 43.6 Å². The van der Waals surface area contributed by atoms with Gasteiger partial charge in [-0.25, -0.2) is 4.98 Å². The lowest BCUT2D eigenvalue weighted by atomic mass is 10.1. The lowest BCUT2D eigenvalue weighted by Gasteiger charge is -2.21. The molecule has 3 heterocycles. The van der Waals surface area contributed by atoms with Gasteiger partial charge in [-0.3, -0.25) is 14.5 Å². The van der Waals surface area contributed by atoms with Crippen LogP contribution >= 0.6 is 0 Å². The molecule has 2 aromatic heterocycles. The molecule has 1 aliphatic heterocycles. The number of methoxy groups -OCH3 is 1. The molecule has 1 aliphatic rings. The van der Waals surface area contributed by atoms with Crippen LogP contribution in [0, 0.1) is 11.3 Å². The van der Waals surface area contributed by atoms with E-state index in [4.69, 9.17) is 10.00 Å². The fourth-order valence-electron chi connectivity index (χ4n) is 3.08. The van der Waals surface area contributed by atoms with E-state index in [0.717, 1.165) is 4.90 Å². The van der Waals surface area contributed by atoms with Crippen LogP contribution in [0.15, 0.2) is 42.6 Å². The first-order chi connectivity index (χ1) is 13.5. The Morgan fingerprint density at radius 2 is 1.79 bits per heavy atom. The zero-order valence-electron chi connectivity index (χ0n) is 15.0. The molecule has 0 saturated heterocycles. The number of ether oxygens (including phenoxy) is 1. The first-order valence-electron chi connectivity index (χ1n) is 8.39. The maximum Gasteiger partial charge on any atom is 0.335 e. The van der Waals surface area contributed by atoms with E-state index in [1.807, 2.05) is 6.07 Å². The number of imide groups is 1. The number of fused-ring (bicyclic) bond motifs is 1. The third-order valence-corrected chi connectivity index (χ3v) is 4.48. The third kappa shape index (κ3) is 2.59. The smallest absolute Gasteiger partial charge is 0.335 e. The summed E-state index contributed by atoms with van der Waals surface area (Å²) in [6, 6.07) is 11.2. The number of hydrogen-bond donors (Lipinski definition) is 0. The average molecular weight is 374 g/mol. The van der Waals surface area contributed by atoms with Crippen molar-refractivity contribution in [3.63, 3.8) is 0 Å². The quantitative estimate of drug-likeness (QED) is 0.641. The highest BCUT2D eigenvalue weighted by Gasteiger charge is 2.40. The number of hydrogen-bond acceptors (Lipinski definition) is 7. The number of carbonyl (C=O) groups excluding carboxylic acids is 2. The molecular formula is C19H14N6O3. The Hall–Kier alpha value is -4.06. The van der Waals surface area contributed by atoms with Crippen LogP contribution in [0.2, 0.25) is 0 Å². The monoisotopic (exact) mass is 374 g/mol. The first-order valence-corrected chi connectivity index (χ1v) is 8.39. The van der Waals surface area contributed by atoms with E-state index in [2.05, 4.69) is 15.1 Å². The highest BCUT2D eigenvalue weighted by atomic mass is 16.5. The summed E-state index contributed by atoms with van der Waals surface area (Å²) in [6.07, 6.45) is 1.40. The van der Waals surface area contributed by atoms with Crippen molar-refractivity contribution in [2.75, 3.05) is 7.11 Å². The van der Waals surface area contributed by atoms with Crippen molar-refractivity contribution in [1.82, 2.24) is 24.6 Å². The normalized spacial score (nSPS) is 14.0. The number of benzene rings is 1. The standard InChI is InChI=1S/C19H14N6O3/c1-11(24-17(26)13-5-3-4-6-14(13)18(24)27)16-22-19(28-2)23-25(16)15-8-7-12(9-20)10-21-15/h3-8,10-11H,1-2H3/t11-/m0/s1. The van der Waals surface area contributed by atoms with Gasteiger partial charge in [0, 0.05) is 6.20 Å². The van der Waals surface area contributed by atoms with Crippen molar-refractivity contribution in [2.24, 2.45) is 0 Å². The van der Waals surface area contributed by atoms with Gasteiger partial charge in [-0.05, 0) is 31.2 Å². The second-order valence-electron chi connectivity index (χ2n) is 6.09. The second-order valence-corrected chi connectivity index (χ2v) is 6.09. The molecule has 0 fully saturated rings. The van der Waals surface area contributed by atoms with Crippen LogP contribution < -0.4 is 4.74 Å². The summed E-state index contributed by atoms with van der Waals surface area (Å²) in [4.78, 5) is 35.2. The van der Waals surface area contributed by atoms with Crippen LogP contribution in [-0.2, 0) is 0 Å². The van der Waals surface area contributed by atoms with Gasteiger partial charge in [0.05, 0.1) is 29.8 Å². The summed E-state index contributed by atoms with van der Waals surface area (Å²) in [5.41, 5.74) is 1.11. The molecule has 1 aromatic carbocycles. The number of aromatic nitrogens is 4. The van der Waals surface area contributed by atoms with Gasteiger partial charge in [-0.2, -0.15) is 14.9 Å². The lowest BCUT2D eigenvalue weighted by molar-refractivity contribution is 0.0587. The molecular weight excluding hydrogens is 360 g/mol. The fraction of sp³-hybridized carbons (Fsp3) is 0.158. The Morgan fingerprint density at radius 1 is 1.11 bits per heavy atom. The highest BCUT2D eigenvalue weighted by molar-refractivity contribution is 6.21. The van der Waals surface area contributed by atoms with Gasteiger partial charge in [0.2, 0.25) is 0 Å². The number of rotatable bonds is 4. The number of carbonyl (C=O) groups is 2. The fourth-order valence-corrected chi connectivity index (χ4v) is 3.08. The van der Waals surface area contributed by atoms with Crippen molar-refractivity contribution < 1.29 is 14.3 Å². The molecule has 28 heavy (non-hydrogen) atoms. The predicted molar refractivity (Wildman–Crippen MR) is 95.8 cm³/mol. The SMILES string of the molecule is COc1nc([C@H](C)N2C(=O)c3ccccc3C2=O)n(-c2ccc(C#N)cn2)n1. The first kappa shape index (κ1) is 17.4. The van der Waals surface area contributed by atoms with Crippen molar-refractivity contribution in [1.29, 1.82) is 5.26 Å². The van der Waals surface area contributed by atoms with E-state index in [0.29, 0.717) is 28.3 Å². The second kappa shape index (κ2) is 6.59. The molecule has 0 unspecified atom stereocenters. The molecule has 0 N–H and O–H groups in total. The molecule has 0 bridgehead atoms. The zero-order chi connectivity index (χ0) is 19.8. The summed E-state index contributed by atoms with van der Waals surface area (Å²) in [7, 11) is 1.42. The zero-order valence-corrected chi connectivity index (χ0v) is 15.0. The molecule has 138 valence electrons. The topological polar surface area (TPSA) is 114 Å². The van der Waals surface area contributed by atoms with E-state index in [1.165, 1.54) is 18.0 Å². The number of nitriles is 1. The molecule has 9 nitrogen and oxygen atoms in total. The van der Waals surface area contributed by atoms with Crippen LogP contribution in [0.1, 0.15) is 45.1 Å². The summed E-state index contributed by atoms with van der Waals surface area (Å²) in [5, 5.41) is 13.2. The Balaban J connectivity index is 1.77. The van der Waals surface area contributed by atoms with Crippen molar-refractivity contribution in [2.45, 2.75) is 13.0 Å². The van der Waals surface area contributed by atoms with Crippen molar-refractivity contribution >= 4 is 11.8 Å². The molecule has 2 amide bonds. The summed E-state index contributed by atoms with van der Waals surface area (Å²) in [6.45, 7) is 1.69. The van der Waals surface area contributed by atoms with Gasteiger partial charge in [0.15, 0.2) is 11.6 Å². The van der Waals surface area contributed by atoms with Crippen molar-refractivity contribution in [3.05, 3.63) is 65.1 Å². The van der Waals surface area contributed by atoms with Gasteiger partial charge >= 0.3 is 6.01 Å². The maximum absolute atomic E-state index is 12.8. The molecule has 3 aromatic rings. The Bertz CT molecular complexity index is 1090. The third-order valence-electron chi connectivity index (χ3n) is 4.48. The minimum absolute atomic E-state index is 0.0737. The predicted octanol–water partition coefficient (Wildman–Crippen LogP) is 1.90. The van der Waals surface area contributed by atoms with E-state index in [1.54, 1.807) is 43.3 Å². The minimum atomic E-state index is -0.721. The van der Waals surface area contributed by atoms with Gasteiger partial charge in [0.1, 0.15) is 6.07 Å². The molecule has 0 aliphatic carbocycles. The molecule has 0 saturated carbocycles. The molecule has 0 radical (unpaired) electrons. The Labute approximate surface area is 159 Å².